The fraction of sp³-hybridized carbons (Fsp3) is 0.308. The van der Waals surface area contributed by atoms with E-state index in [1.807, 2.05) is 31.2 Å². The molecular formula is C26H28N4O5. The summed E-state index contributed by atoms with van der Waals surface area (Å²) in [7, 11) is 0. The highest BCUT2D eigenvalue weighted by Crippen LogP contribution is 2.44. The minimum Gasteiger partial charge on any atom is -0.481 e. The number of nitrogens with one attached hydrogen (secondary N) is 2. The monoisotopic (exact) mass is 476 g/mol. The van der Waals surface area contributed by atoms with Crippen LogP contribution < -0.4 is 10.6 Å². The zero-order valence-corrected chi connectivity index (χ0v) is 19.4. The summed E-state index contributed by atoms with van der Waals surface area (Å²) in [6.45, 7) is 2.03. The lowest BCUT2D eigenvalue weighted by Gasteiger charge is -2.16. The van der Waals surface area contributed by atoms with Crippen molar-refractivity contribution in [2.24, 2.45) is 0 Å². The van der Waals surface area contributed by atoms with Crippen LogP contribution in [-0.2, 0) is 20.9 Å². The number of ether oxygens (including phenoxy) is 1. The third-order valence-electron chi connectivity index (χ3n) is 5.95. The standard InChI is InChI=1S/C26H28N4O5/c1-2-7-17(12-25(32)33)28-24(31)15-30-14-18(13-27-30)29-26(34)35-16-23-21-10-5-3-8-19(21)20-9-4-6-11-22(20)23/h3-6,8-11,13-14,17,23H,2,7,12,15-16H2,1H3,(H,28,31)(H,29,34)(H,32,33)/t17-/m1/s1. The molecule has 0 spiro atoms. The number of carbonyl (C=O) groups is 3. The molecular weight excluding hydrogens is 448 g/mol. The highest BCUT2D eigenvalue weighted by molar-refractivity contribution is 5.85. The van der Waals surface area contributed by atoms with Gasteiger partial charge in [-0.05, 0) is 28.7 Å². The molecule has 0 bridgehead atoms. The van der Waals surface area contributed by atoms with Crippen molar-refractivity contribution in [2.75, 3.05) is 11.9 Å². The van der Waals surface area contributed by atoms with Gasteiger partial charge in [0, 0.05) is 18.2 Å². The van der Waals surface area contributed by atoms with Gasteiger partial charge in [-0.25, -0.2) is 4.79 Å². The molecule has 2 aromatic carbocycles. The number of carboxylic acid groups (broad SMARTS) is 1. The number of amides is 2. The second-order valence-corrected chi connectivity index (χ2v) is 8.53. The van der Waals surface area contributed by atoms with Crippen molar-refractivity contribution in [1.29, 1.82) is 0 Å². The average Bonchev–Trinajstić information content (AvgIpc) is 3.39. The number of nitrogens with zero attached hydrogens (tertiary/aromatic N) is 2. The quantitative estimate of drug-likeness (QED) is 0.406. The van der Waals surface area contributed by atoms with Gasteiger partial charge in [-0.3, -0.25) is 19.6 Å². The molecule has 0 aliphatic heterocycles. The van der Waals surface area contributed by atoms with Gasteiger partial charge in [0.1, 0.15) is 13.2 Å². The molecule has 2 amide bonds. The maximum absolute atomic E-state index is 12.4. The number of anilines is 1. The second kappa shape index (κ2) is 10.9. The fourth-order valence-electron chi connectivity index (χ4n) is 4.47. The Morgan fingerprint density at radius 2 is 1.74 bits per heavy atom. The Labute approximate surface area is 203 Å². The van der Waals surface area contributed by atoms with Crippen LogP contribution in [0.3, 0.4) is 0 Å². The Kier molecular flexibility index (Phi) is 7.45. The van der Waals surface area contributed by atoms with E-state index < -0.39 is 18.1 Å². The molecule has 0 saturated heterocycles. The third-order valence-corrected chi connectivity index (χ3v) is 5.95. The van der Waals surface area contributed by atoms with E-state index in [1.54, 1.807) is 0 Å². The lowest BCUT2D eigenvalue weighted by molar-refractivity contribution is -0.137. The van der Waals surface area contributed by atoms with Crippen LogP contribution in [0.2, 0.25) is 0 Å². The lowest BCUT2D eigenvalue weighted by Crippen LogP contribution is -2.38. The first-order chi connectivity index (χ1) is 16.9. The number of carbonyl (C=O) groups excluding carboxylic acids is 2. The van der Waals surface area contributed by atoms with E-state index in [1.165, 1.54) is 17.1 Å². The summed E-state index contributed by atoms with van der Waals surface area (Å²) in [5.41, 5.74) is 4.96. The van der Waals surface area contributed by atoms with Crippen LogP contribution in [0.1, 0.15) is 43.2 Å². The lowest BCUT2D eigenvalue weighted by atomic mass is 9.98. The molecule has 3 aromatic rings. The molecule has 1 aliphatic rings. The first-order valence-corrected chi connectivity index (χ1v) is 11.6. The van der Waals surface area contributed by atoms with Gasteiger partial charge in [0.05, 0.1) is 18.3 Å². The van der Waals surface area contributed by atoms with Crippen molar-refractivity contribution in [3.63, 3.8) is 0 Å². The average molecular weight is 477 g/mol. The summed E-state index contributed by atoms with van der Waals surface area (Å²) in [5.74, 6) is -1.35. The van der Waals surface area contributed by atoms with Gasteiger partial charge in [-0.2, -0.15) is 5.10 Å². The van der Waals surface area contributed by atoms with Crippen molar-refractivity contribution in [1.82, 2.24) is 15.1 Å². The normalized spacial score (nSPS) is 12.9. The highest BCUT2D eigenvalue weighted by Gasteiger charge is 2.29. The van der Waals surface area contributed by atoms with Crippen LogP contribution in [-0.4, -0.2) is 45.5 Å². The van der Waals surface area contributed by atoms with E-state index in [9.17, 15) is 14.4 Å². The van der Waals surface area contributed by atoms with Crippen LogP contribution in [0, 0.1) is 0 Å². The molecule has 0 fully saturated rings. The number of aliphatic carboxylic acids is 1. The van der Waals surface area contributed by atoms with Crippen LogP contribution in [0.25, 0.3) is 11.1 Å². The Balaban J connectivity index is 1.30. The Bertz CT molecular complexity index is 1180. The second-order valence-electron chi connectivity index (χ2n) is 8.53. The maximum Gasteiger partial charge on any atom is 0.411 e. The Morgan fingerprint density at radius 3 is 2.37 bits per heavy atom. The predicted octanol–water partition coefficient (Wildman–Crippen LogP) is 4.00. The van der Waals surface area contributed by atoms with Gasteiger partial charge < -0.3 is 15.2 Å². The minimum absolute atomic E-state index is 0.0403. The minimum atomic E-state index is -0.961. The smallest absolute Gasteiger partial charge is 0.411 e. The largest absolute Gasteiger partial charge is 0.481 e. The molecule has 9 heteroatoms. The van der Waals surface area contributed by atoms with E-state index in [2.05, 4.69) is 40.0 Å². The van der Waals surface area contributed by atoms with Crippen LogP contribution in [0.5, 0.6) is 0 Å². The number of aromatic nitrogens is 2. The zero-order chi connectivity index (χ0) is 24.8. The van der Waals surface area contributed by atoms with Gasteiger partial charge >= 0.3 is 12.1 Å². The number of hydrogen-bond donors (Lipinski definition) is 3. The summed E-state index contributed by atoms with van der Waals surface area (Å²) in [4.78, 5) is 35.7. The van der Waals surface area contributed by atoms with Crippen LogP contribution in [0.4, 0.5) is 10.5 Å². The van der Waals surface area contributed by atoms with Gasteiger partial charge in [0.25, 0.3) is 0 Å². The number of hydrogen-bond acceptors (Lipinski definition) is 5. The third kappa shape index (κ3) is 5.87. The van der Waals surface area contributed by atoms with E-state index >= 15 is 0 Å². The summed E-state index contributed by atoms with van der Waals surface area (Å²) < 4.78 is 6.90. The van der Waals surface area contributed by atoms with Gasteiger partial charge in [-0.15, -0.1) is 0 Å². The maximum atomic E-state index is 12.4. The summed E-state index contributed by atoms with van der Waals surface area (Å²) in [5, 5.41) is 18.4. The Morgan fingerprint density at radius 1 is 1.09 bits per heavy atom. The van der Waals surface area contributed by atoms with Crippen molar-refractivity contribution < 1.29 is 24.2 Å². The van der Waals surface area contributed by atoms with Crippen molar-refractivity contribution >= 4 is 23.7 Å². The molecule has 0 radical (unpaired) electrons. The predicted molar refractivity (Wildman–Crippen MR) is 130 cm³/mol. The SMILES string of the molecule is CCC[C@H](CC(=O)O)NC(=O)Cn1cc(NC(=O)OCC2c3ccccc3-c3ccccc32)cn1. The highest BCUT2D eigenvalue weighted by atomic mass is 16.5. The van der Waals surface area contributed by atoms with Crippen molar-refractivity contribution in [2.45, 2.75) is 44.7 Å². The topological polar surface area (TPSA) is 123 Å². The molecule has 3 N–H and O–H groups in total. The van der Waals surface area contributed by atoms with Gasteiger partial charge in [0.15, 0.2) is 0 Å². The molecule has 1 aromatic heterocycles. The molecule has 1 heterocycles. The first-order valence-electron chi connectivity index (χ1n) is 11.6. The zero-order valence-electron chi connectivity index (χ0n) is 19.4. The molecule has 0 unspecified atom stereocenters. The first kappa shape index (κ1) is 24.0. The molecule has 1 aliphatic carbocycles. The number of carboxylic acids is 1. The number of benzene rings is 2. The van der Waals surface area contributed by atoms with E-state index in [0.29, 0.717) is 12.1 Å². The van der Waals surface area contributed by atoms with Crippen LogP contribution in [0.15, 0.2) is 60.9 Å². The summed E-state index contributed by atoms with van der Waals surface area (Å²) >= 11 is 0. The fourth-order valence-corrected chi connectivity index (χ4v) is 4.47. The molecule has 4 rings (SSSR count). The molecule has 182 valence electrons. The Hall–Kier alpha value is -4.14. The van der Waals surface area contributed by atoms with E-state index in [4.69, 9.17) is 9.84 Å². The number of fused-ring (bicyclic) bond motifs is 3. The van der Waals surface area contributed by atoms with Crippen molar-refractivity contribution in [3.8, 4) is 11.1 Å². The molecule has 35 heavy (non-hydrogen) atoms. The summed E-state index contributed by atoms with van der Waals surface area (Å²) in [6.07, 6.45) is 3.54. The molecule has 1 atom stereocenters. The molecule has 0 saturated carbocycles. The van der Waals surface area contributed by atoms with Gasteiger partial charge in [-0.1, -0.05) is 61.9 Å². The summed E-state index contributed by atoms with van der Waals surface area (Å²) in [6, 6.07) is 15.8. The van der Waals surface area contributed by atoms with Crippen LogP contribution >= 0.6 is 0 Å². The molecule has 9 nitrogen and oxygen atoms in total. The van der Waals surface area contributed by atoms with E-state index in [-0.39, 0.29) is 31.4 Å². The van der Waals surface area contributed by atoms with Crippen molar-refractivity contribution in [3.05, 3.63) is 72.1 Å². The van der Waals surface area contributed by atoms with E-state index in [0.717, 1.165) is 28.7 Å². The van der Waals surface area contributed by atoms with Gasteiger partial charge in [0.2, 0.25) is 5.91 Å². The number of rotatable bonds is 10.